The number of benzene rings is 1. The smallest absolute Gasteiger partial charge is 0.149 e. The average molecular weight is 271 g/mol. The van der Waals surface area contributed by atoms with E-state index in [-0.39, 0.29) is 17.9 Å². The second-order valence-electron chi connectivity index (χ2n) is 4.79. The fourth-order valence-corrected chi connectivity index (χ4v) is 2.25. The molecule has 1 aromatic rings. The predicted octanol–water partition coefficient (Wildman–Crippen LogP) is 3.72. The van der Waals surface area contributed by atoms with Gasteiger partial charge in [0.2, 0.25) is 0 Å². The highest BCUT2D eigenvalue weighted by Gasteiger charge is 2.19. The van der Waals surface area contributed by atoms with E-state index in [0.717, 1.165) is 12.8 Å². The van der Waals surface area contributed by atoms with E-state index in [9.17, 15) is 8.78 Å². The lowest BCUT2D eigenvalue weighted by Crippen LogP contribution is -2.30. The highest BCUT2D eigenvalue weighted by molar-refractivity contribution is 5.50. The van der Waals surface area contributed by atoms with Gasteiger partial charge in [-0.15, -0.1) is 0 Å². The molecule has 0 aliphatic rings. The summed E-state index contributed by atoms with van der Waals surface area (Å²) in [5.41, 5.74) is 0.281. The lowest BCUT2D eigenvalue weighted by atomic mass is 10.0. The van der Waals surface area contributed by atoms with Gasteiger partial charge in [0.25, 0.3) is 0 Å². The Morgan fingerprint density at radius 1 is 1.11 bits per heavy atom. The second-order valence-corrected chi connectivity index (χ2v) is 4.79. The number of halogens is 2. The van der Waals surface area contributed by atoms with E-state index in [1.54, 1.807) is 4.90 Å². The van der Waals surface area contributed by atoms with Gasteiger partial charge < -0.3 is 10.0 Å². The Hall–Kier alpha value is -1.16. The standard InChI is InChI=1S/C15H23F2NO/c1-4-11(5-2)9-18(6-3)15-13(16)7-12(10-19)8-14(15)17/h7-8,11,19H,4-6,9-10H2,1-3H3. The lowest BCUT2D eigenvalue weighted by Gasteiger charge is -2.28. The van der Waals surface area contributed by atoms with Gasteiger partial charge in [-0.2, -0.15) is 0 Å². The van der Waals surface area contributed by atoms with Crippen LogP contribution >= 0.6 is 0 Å². The summed E-state index contributed by atoms with van der Waals surface area (Å²) in [6, 6.07) is 2.40. The van der Waals surface area contributed by atoms with E-state index in [4.69, 9.17) is 5.11 Å². The van der Waals surface area contributed by atoms with Crippen LogP contribution in [0.25, 0.3) is 0 Å². The number of aliphatic hydroxyl groups is 1. The molecule has 0 aromatic heterocycles. The number of nitrogens with zero attached hydrogens (tertiary/aromatic N) is 1. The van der Waals surface area contributed by atoms with Crippen LogP contribution in [0.2, 0.25) is 0 Å². The molecular formula is C15H23F2NO. The topological polar surface area (TPSA) is 23.5 Å². The first kappa shape index (κ1) is 15.9. The highest BCUT2D eigenvalue weighted by Crippen LogP contribution is 2.26. The molecule has 19 heavy (non-hydrogen) atoms. The van der Waals surface area contributed by atoms with Gasteiger partial charge in [-0.3, -0.25) is 0 Å². The fourth-order valence-electron chi connectivity index (χ4n) is 2.25. The summed E-state index contributed by atoms with van der Waals surface area (Å²) in [5, 5.41) is 8.95. The van der Waals surface area contributed by atoms with E-state index in [1.165, 1.54) is 12.1 Å². The average Bonchev–Trinajstić information content (AvgIpc) is 2.41. The molecule has 0 unspecified atom stereocenters. The number of anilines is 1. The molecule has 0 aliphatic carbocycles. The van der Waals surface area contributed by atoms with Gasteiger partial charge in [-0.05, 0) is 30.5 Å². The zero-order chi connectivity index (χ0) is 14.4. The molecule has 0 radical (unpaired) electrons. The molecule has 1 N–H and O–H groups in total. The molecular weight excluding hydrogens is 248 g/mol. The van der Waals surface area contributed by atoms with Crippen molar-refractivity contribution in [2.75, 3.05) is 18.0 Å². The Morgan fingerprint density at radius 2 is 1.63 bits per heavy atom. The molecule has 0 saturated carbocycles. The summed E-state index contributed by atoms with van der Waals surface area (Å²) < 4.78 is 28.0. The van der Waals surface area contributed by atoms with Crippen molar-refractivity contribution in [2.45, 2.75) is 40.2 Å². The first-order valence-corrected chi connectivity index (χ1v) is 6.90. The molecule has 108 valence electrons. The van der Waals surface area contributed by atoms with Gasteiger partial charge in [-0.25, -0.2) is 8.78 Å². The third-order valence-corrected chi connectivity index (χ3v) is 3.59. The number of hydrogen-bond donors (Lipinski definition) is 1. The minimum Gasteiger partial charge on any atom is -0.392 e. The Kier molecular flexibility index (Phi) is 6.22. The van der Waals surface area contributed by atoms with Gasteiger partial charge in [-0.1, -0.05) is 26.7 Å². The SMILES string of the molecule is CCC(CC)CN(CC)c1c(F)cc(CO)cc1F. The van der Waals surface area contributed by atoms with Crippen LogP contribution in [0, 0.1) is 17.6 Å². The minimum absolute atomic E-state index is 0.0200. The molecule has 0 heterocycles. The molecule has 1 aromatic carbocycles. The molecule has 2 nitrogen and oxygen atoms in total. The summed E-state index contributed by atoms with van der Waals surface area (Å²) in [5.74, 6) is -0.773. The molecule has 0 fully saturated rings. The molecule has 0 aliphatic heterocycles. The molecule has 0 bridgehead atoms. The Bertz CT molecular complexity index is 382. The zero-order valence-electron chi connectivity index (χ0n) is 11.9. The Labute approximate surface area is 114 Å². The van der Waals surface area contributed by atoms with Crippen molar-refractivity contribution >= 4 is 5.69 Å². The first-order chi connectivity index (χ1) is 9.07. The summed E-state index contributed by atoms with van der Waals surface area (Å²) in [7, 11) is 0. The third kappa shape index (κ3) is 3.90. The van der Waals surface area contributed by atoms with Crippen molar-refractivity contribution in [3.8, 4) is 0 Å². The normalized spacial score (nSPS) is 11.1. The Balaban J connectivity index is 3.04. The highest BCUT2D eigenvalue weighted by atomic mass is 19.1. The van der Waals surface area contributed by atoms with Gasteiger partial charge in [0.1, 0.15) is 17.3 Å². The summed E-state index contributed by atoms with van der Waals surface area (Å²) in [6.45, 7) is 6.92. The van der Waals surface area contributed by atoms with Crippen molar-refractivity contribution in [1.82, 2.24) is 0 Å². The summed E-state index contributed by atoms with van der Waals surface area (Å²) in [4.78, 5) is 1.74. The second kappa shape index (κ2) is 7.43. The van der Waals surface area contributed by atoms with Gasteiger partial charge >= 0.3 is 0 Å². The number of aliphatic hydroxyl groups excluding tert-OH is 1. The maximum absolute atomic E-state index is 14.0. The molecule has 0 saturated heterocycles. The molecule has 4 heteroatoms. The van der Waals surface area contributed by atoms with Crippen LogP contribution in [0.15, 0.2) is 12.1 Å². The van der Waals surface area contributed by atoms with Gasteiger partial charge in [0, 0.05) is 13.1 Å². The van der Waals surface area contributed by atoms with Crippen LogP contribution in [0.3, 0.4) is 0 Å². The fraction of sp³-hybridized carbons (Fsp3) is 0.600. The van der Waals surface area contributed by atoms with Crippen LogP contribution in [0.1, 0.15) is 39.2 Å². The van der Waals surface area contributed by atoms with Gasteiger partial charge in [0.05, 0.1) is 6.61 Å². The van der Waals surface area contributed by atoms with E-state index >= 15 is 0 Å². The zero-order valence-corrected chi connectivity index (χ0v) is 11.9. The Morgan fingerprint density at radius 3 is 2.00 bits per heavy atom. The van der Waals surface area contributed by atoms with Crippen LogP contribution in [-0.2, 0) is 6.61 Å². The van der Waals surface area contributed by atoms with E-state index in [1.807, 2.05) is 6.92 Å². The van der Waals surface area contributed by atoms with Crippen LogP contribution in [0.5, 0.6) is 0 Å². The van der Waals surface area contributed by atoms with E-state index in [2.05, 4.69) is 13.8 Å². The van der Waals surface area contributed by atoms with Crippen molar-refractivity contribution in [2.24, 2.45) is 5.92 Å². The van der Waals surface area contributed by atoms with E-state index in [0.29, 0.717) is 19.0 Å². The van der Waals surface area contributed by atoms with Crippen molar-refractivity contribution in [3.05, 3.63) is 29.3 Å². The third-order valence-electron chi connectivity index (χ3n) is 3.59. The summed E-state index contributed by atoms with van der Waals surface area (Å²) in [6.07, 6.45) is 1.98. The maximum Gasteiger partial charge on any atom is 0.149 e. The van der Waals surface area contributed by atoms with Crippen LogP contribution < -0.4 is 4.90 Å². The van der Waals surface area contributed by atoms with E-state index < -0.39 is 11.6 Å². The van der Waals surface area contributed by atoms with Crippen molar-refractivity contribution < 1.29 is 13.9 Å². The van der Waals surface area contributed by atoms with Gasteiger partial charge in [0.15, 0.2) is 0 Å². The van der Waals surface area contributed by atoms with Crippen molar-refractivity contribution in [1.29, 1.82) is 0 Å². The molecule has 0 amide bonds. The predicted molar refractivity (Wildman–Crippen MR) is 74.2 cm³/mol. The first-order valence-electron chi connectivity index (χ1n) is 6.90. The monoisotopic (exact) mass is 271 g/mol. The van der Waals surface area contributed by atoms with Crippen molar-refractivity contribution in [3.63, 3.8) is 0 Å². The molecule has 0 spiro atoms. The quantitative estimate of drug-likeness (QED) is 0.817. The van der Waals surface area contributed by atoms with Crippen LogP contribution in [0.4, 0.5) is 14.5 Å². The largest absolute Gasteiger partial charge is 0.392 e. The number of hydrogen-bond acceptors (Lipinski definition) is 2. The molecule has 0 atom stereocenters. The minimum atomic E-state index is -0.600. The summed E-state index contributed by atoms with van der Waals surface area (Å²) >= 11 is 0. The van der Waals surface area contributed by atoms with Crippen LogP contribution in [-0.4, -0.2) is 18.2 Å². The lowest BCUT2D eigenvalue weighted by molar-refractivity contribution is 0.280. The number of rotatable bonds is 7. The maximum atomic E-state index is 14.0. The molecule has 1 rings (SSSR count).